The molecule has 1 amide bonds. The first-order chi connectivity index (χ1) is 19.8. The fraction of sp³-hybridized carbons (Fsp3) is 0.276. The number of allylic oxidation sites excluding steroid dienone is 1. The van der Waals surface area contributed by atoms with E-state index in [1.807, 2.05) is 98.2 Å². The van der Waals surface area contributed by atoms with Gasteiger partial charge in [0, 0.05) is 12.1 Å². The van der Waals surface area contributed by atoms with Crippen LogP contribution in [0.5, 0.6) is 0 Å². The van der Waals surface area contributed by atoms with Crippen molar-refractivity contribution in [3.05, 3.63) is 115 Å². The predicted octanol–water partition coefficient (Wildman–Crippen LogP) is 4.35. The van der Waals surface area contributed by atoms with E-state index in [-0.39, 0.29) is 17.3 Å². The molecule has 8 nitrogen and oxygen atoms in total. The first-order valence-electron chi connectivity index (χ1n) is 12.7. The van der Waals surface area contributed by atoms with Gasteiger partial charge in [0.1, 0.15) is 6.04 Å². The van der Waals surface area contributed by atoms with Gasteiger partial charge in [-0.05, 0) is 24.1 Å². The molecule has 3 aromatic rings. The number of fused-ring (bicyclic) bond motifs is 1. The molecule has 3 heterocycles. The second kappa shape index (κ2) is 12.7. The minimum absolute atomic E-state index is 0.00461. The summed E-state index contributed by atoms with van der Waals surface area (Å²) in [6, 6.07) is 24.8. The largest absolute Gasteiger partial charge is 0.741 e. The van der Waals surface area contributed by atoms with Gasteiger partial charge >= 0.3 is 11.5 Å². The van der Waals surface area contributed by atoms with Crippen LogP contribution in [0.2, 0.25) is 0 Å². The number of hydrogen-bond acceptors (Lipinski definition) is 7. The summed E-state index contributed by atoms with van der Waals surface area (Å²) in [4.78, 5) is 27.9. The smallest absolute Gasteiger partial charge is 0.485 e. The number of alkyl halides is 3. The Kier molecular flexibility index (Phi) is 9.43. The second-order valence-electron chi connectivity index (χ2n) is 9.68. The van der Waals surface area contributed by atoms with Gasteiger partial charge in [-0.2, -0.15) is 13.2 Å². The van der Waals surface area contributed by atoms with Gasteiger partial charge < -0.3 is 14.2 Å². The zero-order chi connectivity index (χ0) is 30.5. The number of hydrogen-bond donors (Lipinski definition) is 0. The zero-order valence-corrected chi connectivity index (χ0v) is 23.9. The van der Waals surface area contributed by atoms with Crippen molar-refractivity contribution in [3.63, 3.8) is 0 Å². The van der Waals surface area contributed by atoms with Crippen molar-refractivity contribution in [1.29, 1.82) is 0 Å². The molecule has 0 aliphatic carbocycles. The average molecular weight is 621 g/mol. The molecule has 2 aromatic carbocycles. The molecule has 0 bridgehead atoms. The number of carbonyl (C=O) groups excluding carboxylic acids is 2. The second-order valence-corrected chi connectivity index (χ2v) is 12.7. The lowest BCUT2D eigenvalue weighted by Crippen LogP contribution is -2.57. The van der Waals surface area contributed by atoms with Crippen LogP contribution in [0, 0.1) is 0 Å². The van der Waals surface area contributed by atoms with E-state index in [0.29, 0.717) is 13.0 Å². The van der Waals surface area contributed by atoms with Crippen LogP contribution in [-0.4, -0.2) is 51.4 Å². The highest BCUT2D eigenvalue weighted by Crippen LogP contribution is 2.52. The zero-order valence-electron chi connectivity index (χ0n) is 22.3. The van der Waals surface area contributed by atoms with E-state index in [9.17, 15) is 22.8 Å². The number of thioether (sulfide) groups is 1. The monoisotopic (exact) mass is 620 g/mol. The van der Waals surface area contributed by atoms with Gasteiger partial charge in [-0.25, -0.2) is 17.8 Å². The Hall–Kier alpha value is -3.68. The molecule has 222 valence electrons. The number of aromatic nitrogens is 1. The molecule has 2 aliphatic rings. The van der Waals surface area contributed by atoms with Crippen LogP contribution in [0.25, 0.3) is 0 Å². The molecule has 2 aliphatic heterocycles. The van der Waals surface area contributed by atoms with E-state index in [4.69, 9.17) is 17.7 Å². The van der Waals surface area contributed by atoms with Crippen LogP contribution < -0.4 is 4.57 Å². The number of benzene rings is 2. The van der Waals surface area contributed by atoms with Crippen molar-refractivity contribution in [2.45, 2.75) is 47.7 Å². The van der Waals surface area contributed by atoms with E-state index >= 15 is 0 Å². The Morgan fingerprint density at radius 1 is 1.07 bits per heavy atom. The van der Waals surface area contributed by atoms with Crippen LogP contribution >= 0.6 is 11.8 Å². The van der Waals surface area contributed by atoms with Gasteiger partial charge in [-0.3, -0.25) is 4.79 Å². The molecule has 3 atom stereocenters. The lowest BCUT2D eigenvalue weighted by molar-refractivity contribution is -0.687. The normalized spacial score (nSPS) is 21.9. The average Bonchev–Trinajstić information content (AvgIpc) is 3.19. The summed E-state index contributed by atoms with van der Waals surface area (Å²) in [5, 5.41) is 0.0102. The molecule has 42 heavy (non-hydrogen) atoms. The number of rotatable bonds is 7. The van der Waals surface area contributed by atoms with Crippen LogP contribution in [0.1, 0.15) is 30.6 Å². The van der Waals surface area contributed by atoms with Crippen molar-refractivity contribution < 1.29 is 45.0 Å². The third-order valence-corrected chi connectivity index (χ3v) is 8.75. The van der Waals surface area contributed by atoms with Gasteiger partial charge in [0.2, 0.25) is 5.91 Å². The van der Waals surface area contributed by atoms with E-state index in [1.165, 1.54) is 0 Å². The summed E-state index contributed by atoms with van der Waals surface area (Å²) < 4.78 is 66.6. The number of carbonyl (C=O) groups is 2. The summed E-state index contributed by atoms with van der Waals surface area (Å²) in [5.74, 6) is -0.370. The Bertz CT molecular complexity index is 1480. The minimum atomic E-state index is -6.09. The highest BCUT2D eigenvalue weighted by atomic mass is 32.2. The SMILES string of the molecule is C[C@@]1(C=CC[n+]2ccccc2)S[C@@H]2CC(=O)N2[C@H]1C(=O)OC(c1ccccc1)c1ccccc1.O=S(=O)([O-])C(F)(F)F. The third kappa shape index (κ3) is 7.20. The lowest BCUT2D eigenvalue weighted by Gasteiger charge is -2.38. The third-order valence-electron chi connectivity index (χ3n) is 6.65. The van der Waals surface area contributed by atoms with Crippen molar-refractivity contribution in [1.82, 2.24) is 4.90 Å². The molecule has 5 rings (SSSR count). The number of amides is 1. The quantitative estimate of drug-likeness (QED) is 0.0966. The summed E-state index contributed by atoms with van der Waals surface area (Å²) in [6.07, 6.45) is 8.06. The van der Waals surface area contributed by atoms with E-state index in [2.05, 4.69) is 16.7 Å². The standard InChI is InChI=1S/C28H27N2O3S.CHF3O3S/c1-28(16-11-19-29-17-9-4-10-18-29)26(30-23(31)20-24(30)34-28)27(32)33-25(21-12-5-2-6-13-21)22-14-7-3-8-15-22;2-1(3,4)8(5,6)7/h2-18,24-26H,19-20H2,1H3;(H,5,6,7)/q+1;/p-1/t24-,26+,28+;/m1./s1. The predicted molar refractivity (Wildman–Crippen MR) is 147 cm³/mol. The van der Waals surface area contributed by atoms with E-state index in [0.717, 1.165) is 11.1 Å². The van der Waals surface area contributed by atoms with Crippen LogP contribution in [0.4, 0.5) is 13.2 Å². The summed E-state index contributed by atoms with van der Waals surface area (Å²) >= 11 is 1.66. The van der Waals surface area contributed by atoms with E-state index < -0.39 is 32.5 Å². The Labute approximate surface area is 245 Å². The summed E-state index contributed by atoms with van der Waals surface area (Å²) in [6.45, 7) is 2.72. The summed E-state index contributed by atoms with van der Waals surface area (Å²) in [7, 11) is -6.09. The van der Waals surface area contributed by atoms with Gasteiger partial charge in [0.15, 0.2) is 35.2 Å². The number of pyridine rings is 1. The van der Waals surface area contributed by atoms with E-state index in [1.54, 1.807) is 16.7 Å². The molecule has 2 fully saturated rings. The number of esters is 1. The fourth-order valence-corrected chi connectivity index (χ4v) is 6.33. The van der Waals surface area contributed by atoms with Crippen molar-refractivity contribution in [2.75, 3.05) is 0 Å². The van der Waals surface area contributed by atoms with Crippen molar-refractivity contribution in [2.24, 2.45) is 0 Å². The maximum atomic E-state index is 13.7. The maximum Gasteiger partial charge on any atom is 0.485 e. The molecule has 2 saturated heterocycles. The Balaban J connectivity index is 0.000000446. The van der Waals surface area contributed by atoms with Crippen molar-refractivity contribution >= 4 is 33.8 Å². The van der Waals surface area contributed by atoms with Crippen LogP contribution in [-0.2, 0) is 31.0 Å². The number of nitrogens with zero attached hydrogens (tertiary/aromatic N) is 2. The number of halogens is 3. The molecular weight excluding hydrogens is 593 g/mol. The van der Waals surface area contributed by atoms with Gasteiger partial charge in [0.05, 0.1) is 16.5 Å². The minimum Gasteiger partial charge on any atom is -0.741 e. The molecular formula is C29H27F3N2O6S2. The molecule has 1 aromatic heterocycles. The summed E-state index contributed by atoms with van der Waals surface area (Å²) in [5.41, 5.74) is -3.85. The molecule has 0 N–H and O–H groups in total. The number of ether oxygens (including phenoxy) is 1. The first kappa shape index (κ1) is 31.3. The highest BCUT2D eigenvalue weighted by molar-refractivity contribution is 8.01. The van der Waals surface area contributed by atoms with Gasteiger partial charge in [-0.15, -0.1) is 11.8 Å². The first-order valence-corrected chi connectivity index (χ1v) is 15.0. The maximum absolute atomic E-state index is 13.7. The lowest BCUT2D eigenvalue weighted by atomic mass is 9.95. The van der Waals surface area contributed by atoms with Crippen LogP contribution in [0.15, 0.2) is 103 Å². The molecule has 13 heteroatoms. The topological polar surface area (TPSA) is 108 Å². The Morgan fingerprint density at radius 3 is 2.05 bits per heavy atom. The molecule has 0 unspecified atom stereocenters. The molecule has 0 spiro atoms. The van der Waals surface area contributed by atoms with Gasteiger partial charge in [0.25, 0.3) is 0 Å². The molecule has 0 radical (unpaired) electrons. The van der Waals surface area contributed by atoms with Crippen LogP contribution in [0.3, 0.4) is 0 Å². The number of β-lactam (4-membered cyclic amide) rings is 1. The highest BCUT2D eigenvalue weighted by Gasteiger charge is 2.60. The van der Waals surface area contributed by atoms with Crippen molar-refractivity contribution in [3.8, 4) is 0 Å². The Morgan fingerprint density at radius 2 is 1.57 bits per heavy atom. The molecule has 0 saturated carbocycles. The fourth-order valence-electron chi connectivity index (χ4n) is 4.65. The van der Waals surface area contributed by atoms with Gasteiger partial charge in [-0.1, -0.05) is 72.8 Å².